The molecule has 1 N–H and O–H groups in total. The minimum Gasteiger partial charge on any atom is -0.481 e. The van der Waals surface area contributed by atoms with Gasteiger partial charge in [-0.25, -0.2) is 0 Å². The average molecular weight is 230 g/mol. The van der Waals surface area contributed by atoms with Crippen molar-refractivity contribution in [1.29, 1.82) is 0 Å². The Labute approximate surface area is 102 Å². The molecule has 0 heterocycles. The van der Waals surface area contributed by atoms with Crippen LogP contribution in [0.15, 0.2) is 30.3 Å². The van der Waals surface area contributed by atoms with Crippen molar-refractivity contribution in [2.75, 3.05) is 0 Å². The quantitative estimate of drug-likeness (QED) is 0.864. The van der Waals surface area contributed by atoms with Gasteiger partial charge in [0.25, 0.3) is 0 Å². The normalized spacial score (nSPS) is 24.5. The van der Waals surface area contributed by atoms with Crippen LogP contribution in [-0.2, 0) is 10.2 Å². The van der Waals surface area contributed by atoms with E-state index in [0.29, 0.717) is 0 Å². The van der Waals surface area contributed by atoms with Crippen molar-refractivity contribution in [3.8, 4) is 0 Å². The molecule has 0 aromatic heterocycles. The average Bonchev–Trinajstić information content (AvgIpc) is 3.03. The monoisotopic (exact) mass is 230 g/mol. The van der Waals surface area contributed by atoms with Crippen molar-refractivity contribution in [3.63, 3.8) is 0 Å². The minimum absolute atomic E-state index is 0.0832. The lowest BCUT2D eigenvalue weighted by atomic mass is 9.66. The maximum atomic E-state index is 11.6. The van der Waals surface area contributed by atoms with E-state index in [4.69, 9.17) is 0 Å². The van der Waals surface area contributed by atoms with Crippen LogP contribution in [0.4, 0.5) is 0 Å². The summed E-state index contributed by atoms with van der Waals surface area (Å²) in [4.78, 5) is 11.6. The first-order chi connectivity index (χ1) is 8.21. The Balaban J connectivity index is 2.09. The SMILES string of the molecule is O=C(O)C1(C2(c3ccccc3)CCCC2)CC1. The molecule has 2 aliphatic rings. The molecular formula is C15H18O2. The third-order valence-electron chi connectivity index (χ3n) is 4.86. The number of rotatable bonds is 3. The highest BCUT2D eigenvalue weighted by atomic mass is 16.4. The number of hydrogen-bond acceptors (Lipinski definition) is 1. The van der Waals surface area contributed by atoms with E-state index in [1.165, 1.54) is 18.4 Å². The van der Waals surface area contributed by atoms with Crippen LogP contribution in [0.3, 0.4) is 0 Å². The first kappa shape index (κ1) is 10.8. The Morgan fingerprint density at radius 3 is 2.06 bits per heavy atom. The molecule has 2 fully saturated rings. The molecule has 1 aromatic rings. The van der Waals surface area contributed by atoms with Crippen LogP contribution in [0.2, 0.25) is 0 Å². The summed E-state index contributed by atoms with van der Waals surface area (Å²) < 4.78 is 0. The molecule has 2 saturated carbocycles. The molecule has 90 valence electrons. The lowest BCUT2D eigenvalue weighted by Gasteiger charge is -2.36. The number of carbonyl (C=O) groups is 1. The fourth-order valence-corrected chi connectivity index (χ4v) is 3.80. The van der Waals surface area contributed by atoms with Gasteiger partial charge >= 0.3 is 5.97 Å². The van der Waals surface area contributed by atoms with Gasteiger partial charge in [-0.05, 0) is 31.2 Å². The second kappa shape index (κ2) is 3.59. The number of carboxylic acids is 1. The topological polar surface area (TPSA) is 37.3 Å². The first-order valence-electron chi connectivity index (χ1n) is 6.50. The zero-order valence-electron chi connectivity index (χ0n) is 9.98. The lowest BCUT2D eigenvalue weighted by molar-refractivity contribution is -0.146. The summed E-state index contributed by atoms with van der Waals surface area (Å²) in [6.45, 7) is 0. The van der Waals surface area contributed by atoms with Crippen molar-refractivity contribution in [2.24, 2.45) is 5.41 Å². The van der Waals surface area contributed by atoms with Gasteiger partial charge in [0, 0.05) is 5.41 Å². The molecule has 0 aliphatic heterocycles. The predicted molar refractivity (Wildman–Crippen MR) is 65.9 cm³/mol. The standard InChI is InChI=1S/C15H18O2/c16-13(17)15(10-11-15)14(8-4-5-9-14)12-6-2-1-3-7-12/h1-3,6-7H,4-5,8-11H2,(H,16,17). The summed E-state index contributed by atoms with van der Waals surface area (Å²) >= 11 is 0. The van der Waals surface area contributed by atoms with E-state index in [2.05, 4.69) is 12.1 Å². The van der Waals surface area contributed by atoms with Crippen LogP contribution in [0.25, 0.3) is 0 Å². The van der Waals surface area contributed by atoms with Gasteiger partial charge in [0.1, 0.15) is 0 Å². The predicted octanol–water partition coefficient (Wildman–Crippen LogP) is 3.36. The maximum Gasteiger partial charge on any atom is 0.310 e. The Bertz CT molecular complexity index is 425. The Hall–Kier alpha value is -1.31. The zero-order valence-corrected chi connectivity index (χ0v) is 9.98. The van der Waals surface area contributed by atoms with Gasteiger partial charge in [0.15, 0.2) is 0 Å². The molecule has 0 bridgehead atoms. The van der Waals surface area contributed by atoms with Crippen LogP contribution in [0.5, 0.6) is 0 Å². The van der Waals surface area contributed by atoms with Gasteiger partial charge in [0.2, 0.25) is 0 Å². The molecule has 0 radical (unpaired) electrons. The molecule has 3 rings (SSSR count). The van der Waals surface area contributed by atoms with E-state index in [-0.39, 0.29) is 5.41 Å². The fourth-order valence-electron chi connectivity index (χ4n) is 3.80. The minimum atomic E-state index is -0.580. The van der Waals surface area contributed by atoms with Gasteiger partial charge in [-0.1, -0.05) is 43.2 Å². The summed E-state index contributed by atoms with van der Waals surface area (Å²) in [7, 11) is 0. The van der Waals surface area contributed by atoms with Crippen molar-refractivity contribution >= 4 is 5.97 Å². The van der Waals surface area contributed by atoms with Crippen LogP contribution in [-0.4, -0.2) is 11.1 Å². The zero-order chi connectivity index (χ0) is 11.9. The van der Waals surface area contributed by atoms with Gasteiger partial charge in [-0.15, -0.1) is 0 Å². The van der Waals surface area contributed by atoms with E-state index in [0.717, 1.165) is 25.7 Å². The Kier molecular flexibility index (Phi) is 2.29. The molecule has 17 heavy (non-hydrogen) atoms. The summed E-state index contributed by atoms with van der Waals surface area (Å²) in [5, 5.41) is 9.59. The van der Waals surface area contributed by atoms with Gasteiger partial charge < -0.3 is 5.11 Å². The Morgan fingerprint density at radius 1 is 1.00 bits per heavy atom. The van der Waals surface area contributed by atoms with E-state index < -0.39 is 11.4 Å². The molecule has 2 nitrogen and oxygen atoms in total. The van der Waals surface area contributed by atoms with E-state index in [1.54, 1.807) is 0 Å². The highest BCUT2D eigenvalue weighted by Gasteiger charge is 2.65. The van der Waals surface area contributed by atoms with E-state index in [9.17, 15) is 9.90 Å². The molecule has 0 atom stereocenters. The summed E-state index contributed by atoms with van der Waals surface area (Å²) in [6.07, 6.45) is 6.15. The highest BCUT2D eigenvalue weighted by molar-refractivity contribution is 5.80. The van der Waals surface area contributed by atoms with Crippen molar-refractivity contribution in [1.82, 2.24) is 0 Å². The summed E-state index contributed by atoms with van der Waals surface area (Å²) in [6, 6.07) is 10.3. The van der Waals surface area contributed by atoms with Crippen molar-refractivity contribution in [3.05, 3.63) is 35.9 Å². The molecule has 0 unspecified atom stereocenters. The summed E-state index contributed by atoms with van der Waals surface area (Å²) in [5.74, 6) is -0.580. The fraction of sp³-hybridized carbons (Fsp3) is 0.533. The maximum absolute atomic E-state index is 11.6. The second-order valence-corrected chi connectivity index (χ2v) is 5.54. The van der Waals surface area contributed by atoms with Gasteiger partial charge in [-0.2, -0.15) is 0 Å². The van der Waals surface area contributed by atoms with Crippen molar-refractivity contribution in [2.45, 2.75) is 43.9 Å². The third-order valence-corrected chi connectivity index (χ3v) is 4.86. The second-order valence-electron chi connectivity index (χ2n) is 5.54. The van der Waals surface area contributed by atoms with Crippen LogP contribution >= 0.6 is 0 Å². The van der Waals surface area contributed by atoms with Crippen LogP contribution < -0.4 is 0 Å². The Morgan fingerprint density at radius 2 is 1.59 bits per heavy atom. The van der Waals surface area contributed by atoms with Gasteiger partial charge in [0.05, 0.1) is 5.41 Å². The van der Waals surface area contributed by atoms with Gasteiger partial charge in [-0.3, -0.25) is 4.79 Å². The van der Waals surface area contributed by atoms with E-state index >= 15 is 0 Å². The van der Waals surface area contributed by atoms with Crippen LogP contribution in [0, 0.1) is 5.41 Å². The molecule has 2 heteroatoms. The number of aliphatic carboxylic acids is 1. The molecule has 0 amide bonds. The van der Waals surface area contributed by atoms with Crippen molar-refractivity contribution < 1.29 is 9.90 Å². The highest BCUT2D eigenvalue weighted by Crippen LogP contribution is 2.65. The third kappa shape index (κ3) is 1.36. The number of carboxylic acid groups (broad SMARTS) is 1. The molecule has 0 saturated heterocycles. The molecule has 1 aromatic carbocycles. The van der Waals surface area contributed by atoms with E-state index in [1.807, 2.05) is 18.2 Å². The first-order valence-corrected chi connectivity index (χ1v) is 6.50. The molecular weight excluding hydrogens is 212 g/mol. The lowest BCUT2D eigenvalue weighted by Crippen LogP contribution is -2.39. The summed E-state index contributed by atoms with van der Waals surface area (Å²) in [5.41, 5.74) is 0.711. The smallest absolute Gasteiger partial charge is 0.310 e. The molecule has 0 spiro atoms. The largest absolute Gasteiger partial charge is 0.481 e. The number of hydrogen-bond donors (Lipinski definition) is 1. The molecule has 2 aliphatic carbocycles. The van der Waals surface area contributed by atoms with Crippen LogP contribution in [0.1, 0.15) is 44.1 Å². The number of benzene rings is 1.